The first-order chi connectivity index (χ1) is 5.57. The quantitative estimate of drug-likeness (QED) is 0.643. The Morgan fingerprint density at radius 1 is 1.50 bits per heavy atom. The van der Waals surface area contributed by atoms with Gasteiger partial charge in [-0.1, -0.05) is 19.8 Å². The molecule has 0 spiro atoms. The third-order valence-corrected chi connectivity index (χ3v) is 1.88. The van der Waals surface area contributed by atoms with Gasteiger partial charge in [0.2, 0.25) is 0 Å². The highest BCUT2D eigenvalue weighted by Gasteiger charge is 2.18. The fraction of sp³-hybridized carbons (Fsp3) is 0.889. The van der Waals surface area contributed by atoms with Crippen LogP contribution in [-0.4, -0.2) is 22.3 Å². The van der Waals surface area contributed by atoms with Gasteiger partial charge in [0.05, 0.1) is 12.0 Å². The highest BCUT2D eigenvalue weighted by molar-refractivity contribution is 5.69. The van der Waals surface area contributed by atoms with E-state index in [1.165, 1.54) is 0 Å². The first-order valence-corrected chi connectivity index (χ1v) is 4.48. The van der Waals surface area contributed by atoms with Gasteiger partial charge in [-0.25, -0.2) is 0 Å². The molecule has 0 saturated carbocycles. The number of carbonyl (C=O) groups is 1. The Kier molecular flexibility index (Phi) is 5.72. The number of carboxylic acids is 1. The molecule has 0 amide bonds. The summed E-state index contributed by atoms with van der Waals surface area (Å²) in [6.45, 7) is 3.66. The Labute approximate surface area is 73.4 Å². The number of carboxylic acid groups (broad SMARTS) is 1. The van der Waals surface area contributed by atoms with Crippen LogP contribution < -0.4 is 0 Å². The minimum Gasteiger partial charge on any atom is -0.481 e. The fourth-order valence-electron chi connectivity index (χ4n) is 1.20. The maximum atomic E-state index is 10.6. The molecule has 0 radical (unpaired) electrons. The van der Waals surface area contributed by atoms with Crippen LogP contribution in [0.5, 0.6) is 0 Å². The van der Waals surface area contributed by atoms with Crippen LogP contribution in [0.1, 0.15) is 39.5 Å². The minimum absolute atomic E-state index is 0.370. The summed E-state index contributed by atoms with van der Waals surface area (Å²) in [4.78, 5) is 10.6. The maximum absolute atomic E-state index is 10.6. The lowest BCUT2D eigenvalue weighted by Gasteiger charge is -2.12. The molecule has 3 nitrogen and oxygen atoms in total. The molecule has 0 aliphatic heterocycles. The average molecular weight is 174 g/mol. The van der Waals surface area contributed by atoms with Crippen molar-refractivity contribution in [1.29, 1.82) is 0 Å². The van der Waals surface area contributed by atoms with Gasteiger partial charge in [0.25, 0.3) is 0 Å². The first-order valence-electron chi connectivity index (χ1n) is 4.48. The second-order valence-corrected chi connectivity index (χ2v) is 3.26. The van der Waals surface area contributed by atoms with Crippen molar-refractivity contribution in [1.82, 2.24) is 0 Å². The normalized spacial score (nSPS) is 15.6. The molecule has 0 aromatic rings. The molecule has 12 heavy (non-hydrogen) atoms. The number of hydrogen-bond donors (Lipinski definition) is 2. The van der Waals surface area contributed by atoms with E-state index in [2.05, 4.69) is 0 Å². The number of aliphatic hydroxyl groups excluding tert-OH is 1. The monoisotopic (exact) mass is 174 g/mol. The second-order valence-electron chi connectivity index (χ2n) is 3.26. The summed E-state index contributed by atoms with van der Waals surface area (Å²) in [5.74, 6) is -1.16. The highest BCUT2D eigenvalue weighted by Crippen LogP contribution is 2.14. The number of rotatable bonds is 6. The van der Waals surface area contributed by atoms with Crippen molar-refractivity contribution < 1.29 is 15.0 Å². The molecule has 0 aliphatic carbocycles. The predicted molar refractivity (Wildman–Crippen MR) is 46.9 cm³/mol. The van der Waals surface area contributed by atoms with Crippen LogP contribution in [0, 0.1) is 5.92 Å². The molecule has 0 rings (SSSR count). The topological polar surface area (TPSA) is 57.5 Å². The molecule has 0 aliphatic rings. The third-order valence-electron chi connectivity index (χ3n) is 1.88. The molecular weight excluding hydrogens is 156 g/mol. The van der Waals surface area contributed by atoms with Gasteiger partial charge in [-0.05, 0) is 19.8 Å². The summed E-state index contributed by atoms with van der Waals surface area (Å²) in [5.41, 5.74) is 0. The summed E-state index contributed by atoms with van der Waals surface area (Å²) < 4.78 is 0. The smallest absolute Gasteiger partial charge is 0.306 e. The zero-order valence-electron chi connectivity index (χ0n) is 7.79. The van der Waals surface area contributed by atoms with Gasteiger partial charge in [-0.2, -0.15) is 0 Å². The van der Waals surface area contributed by atoms with Gasteiger partial charge in [-0.3, -0.25) is 4.79 Å². The SMILES string of the molecule is CCCCC(CC(C)O)C(=O)O. The molecule has 0 heterocycles. The number of aliphatic carboxylic acids is 1. The number of aliphatic hydroxyl groups is 1. The molecule has 3 heteroatoms. The zero-order chi connectivity index (χ0) is 9.56. The summed E-state index contributed by atoms with van der Waals surface area (Å²) in [5, 5.41) is 17.7. The molecule has 0 aromatic carbocycles. The standard InChI is InChI=1S/C9H18O3/c1-3-4-5-8(9(11)12)6-7(2)10/h7-8,10H,3-6H2,1-2H3,(H,11,12). The van der Waals surface area contributed by atoms with E-state index in [4.69, 9.17) is 10.2 Å². The van der Waals surface area contributed by atoms with E-state index in [0.29, 0.717) is 12.8 Å². The van der Waals surface area contributed by atoms with Gasteiger partial charge >= 0.3 is 5.97 Å². The van der Waals surface area contributed by atoms with Gasteiger partial charge in [0.15, 0.2) is 0 Å². The van der Waals surface area contributed by atoms with Crippen molar-refractivity contribution in [2.75, 3.05) is 0 Å². The highest BCUT2D eigenvalue weighted by atomic mass is 16.4. The first kappa shape index (κ1) is 11.4. The molecule has 72 valence electrons. The average Bonchev–Trinajstić information content (AvgIpc) is 1.96. The molecular formula is C9H18O3. The largest absolute Gasteiger partial charge is 0.481 e. The third kappa shape index (κ3) is 5.13. The lowest BCUT2D eigenvalue weighted by Crippen LogP contribution is -2.18. The molecule has 0 aromatic heterocycles. The number of unbranched alkanes of at least 4 members (excludes halogenated alkanes) is 1. The van der Waals surface area contributed by atoms with Crippen molar-refractivity contribution in [2.24, 2.45) is 5.92 Å². The lowest BCUT2D eigenvalue weighted by molar-refractivity contribution is -0.143. The van der Waals surface area contributed by atoms with E-state index in [1.54, 1.807) is 6.92 Å². The second kappa shape index (κ2) is 6.00. The molecule has 2 N–H and O–H groups in total. The van der Waals surface area contributed by atoms with Gasteiger partial charge in [0.1, 0.15) is 0 Å². The van der Waals surface area contributed by atoms with Crippen molar-refractivity contribution in [3.05, 3.63) is 0 Å². The molecule has 0 fully saturated rings. The van der Waals surface area contributed by atoms with Crippen molar-refractivity contribution in [2.45, 2.75) is 45.6 Å². The van der Waals surface area contributed by atoms with Crippen LogP contribution in [0.25, 0.3) is 0 Å². The van der Waals surface area contributed by atoms with E-state index in [0.717, 1.165) is 12.8 Å². The fourth-order valence-corrected chi connectivity index (χ4v) is 1.20. The van der Waals surface area contributed by atoms with E-state index >= 15 is 0 Å². The molecule has 2 atom stereocenters. The van der Waals surface area contributed by atoms with Crippen LogP contribution in [0.4, 0.5) is 0 Å². The summed E-state index contributed by atoms with van der Waals surface area (Å²) in [6.07, 6.45) is 2.46. The van der Waals surface area contributed by atoms with E-state index in [1.807, 2.05) is 6.92 Å². The Bertz CT molecular complexity index is 132. The zero-order valence-corrected chi connectivity index (χ0v) is 7.79. The Morgan fingerprint density at radius 2 is 2.08 bits per heavy atom. The summed E-state index contributed by atoms with van der Waals surface area (Å²) >= 11 is 0. The Hall–Kier alpha value is -0.570. The predicted octanol–water partition coefficient (Wildman–Crippen LogP) is 1.65. The Morgan fingerprint density at radius 3 is 2.42 bits per heavy atom. The van der Waals surface area contributed by atoms with Crippen LogP contribution in [0.2, 0.25) is 0 Å². The van der Waals surface area contributed by atoms with Gasteiger partial charge < -0.3 is 10.2 Å². The Balaban J connectivity index is 3.78. The molecule has 0 saturated heterocycles. The van der Waals surface area contributed by atoms with Crippen LogP contribution in [0.3, 0.4) is 0 Å². The van der Waals surface area contributed by atoms with Gasteiger partial charge in [0, 0.05) is 0 Å². The lowest BCUT2D eigenvalue weighted by atomic mass is 9.96. The molecule has 2 unspecified atom stereocenters. The van der Waals surface area contributed by atoms with E-state index in [9.17, 15) is 4.79 Å². The van der Waals surface area contributed by atoms with Crippen molar-refractivity contribution in [3.63, 3.8) is 0 Å². The number of hydrogen-bond acceptors (Lipinski definition) is 2. The summed E-state index contributed by atoms with van der Waals surface area (Å²) in [7, 11) is 0. The van der Waals surface area contributed by atoms with Crippen LogP contribution in [-0.2, 0) is 4.79 Å². The van der Waals surface area contributed by atoms with Crippen LogP contribution in [0.15, 0.2) is 0 Å². The maximum Gasteiger partial charge on any atom is 0.306 e. The molecule has 0 bridgehead atoms. The van der Waals surface area contributed by atoms with E-state index < -0.39 is 12.1 Å². The van der Waals surface area contributed by atoms with Crippen molar-refractivity contribution in [3.8, 4) is 0 Å². The van der Waals surface area contributed by atoms with Crippen LogP contribution >= 0.6 is 0 Å². The van der Waals surface area contributed by atoms with Crippen molar-refractivity contribution >= 4 is 5.97 Å². The minimum atomic E-state index is -0.788. The summed E-state index contributed by atoms with van der Waals surface area (Å²) in [6, 6.07) is 0. The van der Waals surface area contributed by atoms with Gasteiger partial charge in [-0.15, -0.1) is 0 Å². The van der Waals surface area contributed by atoms with E-state index in [-0.39, 0.29) is 5.92 Å².